The predicted molar refractivity (Wildman–Crippen MR) is 77.4 cm³/mol. The minimum atomic E-state index is -0.0397. The molecule has 2 N–H and O–H groups in total. The van der Waals surface area contributed by atoms with E-state index in [9.17, 15) is 0 Å². The lowest BCUT2D eigenvalue weighted by Gasteiger charge is -2.22. The van der Waals surface area contributed by atoms with Crippen LogP contribution in [0.15, 0.2) is 18.3 Å². The van der Waals surface area contributed by atoms with E-state index in [4.69, 9.17) is 12.2 Å². The third-order valence-corrected chi connectivity index (χ3v) is 2.39. The first-order chi connectivity index (χ1) is 7.78. The maximum absolute atomic E-state index is 5.21. The number of nitrogens with zero attached hydrogens (tertiary/aromatic N) is 1. The highest BCUT2D eigenvalue weighted by Crippen LogP contribution is 2.14. The first-order valence-corrected chi connectivity index (χ1v) is 6.24. The van der Waals surface area contributed by atoms with Crippen LogP contribution in [0.2, 0.25) is 0 Å². The van der Waals surface area contributed by atoms with Gasteiger partial charge in [-0.15, -0.1) is 0 Å². The summed E-state index contributed by atoms with van der Waals surface area (Å²) in [4.78, 5) is 4.33. The van der Waals surface area contributed by atoms with Crippen LogP contribution >= 0.6 is 12.2 Å². The maximum atomic E-state index is 5.21. The van der Waals surface area contributed by atoms with Gasteiger partial charge in [0.05, 0.1) is 0 Å². The molecule has 3 nitrogen and oxygen atoms in total. The standard InChI is InChI=1S/C13H21N3S/c1-9(2)10-6-7-11(14-8-10)15-12(17)16-13(3,4)5/h6-9H,1-5H3,(H2,14,15,16,17). The number of pyridine rings is 1. The fraction of sp³-hybridized carbons (Fsp3) is 0.538. The second-order valence-electron chi connectivity index (χ2n) is 5.46. The van der Waals surface area contributed by atoms with Crippen LogP contribution in [0.4, 0.5) is 5.82 Å². The van der Waals surface area contributed by atoms with Gasteiger partial charge in [0, 0.05) is 11.7 Å². The summed E-state index contributed by atoms with van der Waals surface area (Å²) < 4.78 is 0. The lowest BCUT2D eigenvalue weighted by atomic mass is 10.1. The molecule has 17 heavy (non-hydrogen) atoms. The van der Waals surface area contributed by atoms with E-state index >= 15 is 0 Å². The highest BCUT2D eigenvalue weighted by Gasteiger charge is 2.11. The summed E-state index contributed by atoms with van der Waals surface area (Å²) in [5.41, 5.74) is 1.19. The second-order valence-corrected chi connectivity index (χ2v) is 5.87. The van der Waals surface area contributed by atoms with Gasteiger partial charge < -0.3 is 10.6 Å². The van der Waals surface area contributed by atoms with E-state index in [1.807, 2.05) is 12.3 Å². The van der Waals surface area contributed by atoms with Crippen LogP contribution in [0.1, 0.15) is 46.1 Å². The molecule has 0 amide bonds. The number of rotatable bonds is 2. The second kappa shape index (κ2) is 5.45. The van der Waals surface area contributed by atoms with Crippen molar-refractivity contribution in [3.8, 4) is 0 Å². The van der Waals surface area contributed by atoms with Gasteiger partial charge in [-0.25, -0.2) is 4.98 Å². The molecule has 0 aliphatic rings. The molecule has 1 aromatic heterocycles. The van der Waals surface area contributed by atoms with E-state index in [1.165, 1.54) is 5.56 Å². The molecular weight excluding hydrogens is 230 g/mol. The van der Waals surface area contributed by atoms with Crippen LogP contribution in [0.3, 0.4) is 0 Å². The molecule has 0 atom stereocenters. The fourth-order valence-electron chi connectivity index (χ4n) is 1.31. The molecule has 1 aromatic rings. The van der Waals surface area contributed by atoms with E-state index < -0.39 is 0 Å². The molecule has 1 heterocycles. The minimum absolute atomic E-state index is 0.0397. The van der Waals surface area contributed by atoms with E-state index in [-0.39, 0.29) is 5.54 Å². The molecule has 4 heteroatoms. The molecule has 0 radical (unpaired) electrons. The van der Waals surface area contributed by atoms with Gasteiger partial charge >= 0.3 is 0 Å². The van der Waals surface area contributed by atoms with Crippen molar-refractivity contribution in [2.45, 2.75) is 46.1 Å². The topological polar surface area (TPSA) is 37.0 Å². The van der Waals surface area contributed by atoms with Gasteiger partial charge in [0.15, 0.2) is 5.11 Å². The molecule has 0 saturated carbocycles. The summed E-state index contributed by atoms with van der Waals surface area (Å²) in [6, 6.07) is 4.02. The summed E-state index contributed by atoms with van der Waals surface area (Å²) in [5.74, 6) is 1.27. The van der Waals surface area contributed by atoms with Crippen molar-refractivity contribution in [1.82, 2.24) is 10.3 Å². The summed E-state index contributed by atoms with van der Waals surface area (Å²) in [6.45, 7) is 10.5. The number of hydrogen-bond acceptors (Lipinski definition) is 2. The molecule has 0 unspecified atom stereocenters. The Balaban J connectivity index is 2.61. The lowest BCUT2D eigenvalue weighted by molar-refractivity contribution is 0.515. The SMILES string of the molecule is CC(C)c1ccc(NC(=S)NC(C)(C)C)nc1. The number of nitrogens with one attached hydrogen (secondary N) is 2. The Hall–Kier alpha value is -1.16. The Kier molecular flexibility index (Phi) is 4.46. The molecule has 0 aliphatic heterocycles. The third-order valence-electron chi connectivity index (χ3n) is 2.18. The van der Waals surface area contributed by atoms with Gasteiger partial charge in [-0.2, -0.15) is 0 Å². The molecule has 0 bridgehead atoms. The molecule has 0 aliphatic carbocycles. The van der Waals surface area contributed by atoms with Gasteiger partial charge in [0.25, 0.3) is 0 Å². The summed E-state index contributed by atoms with van der Waals surface area (Å²) >= 11 is 5.21. The number of aromatic nitrogens is 1. The third kappa shape index (κ3) is 5.13. The zero-order valence-electron chi connectivity index (χ0n) is 11.2. The van der Waals surface area contributed by atoms with Crippen molar-refractivity contribution in [2.24, 2.45) is 0 Å². The quantitative estimate of drug-likeness (QED) is 0.791. The Bertz CT molecular complexity index is 377. The zero-order chi connectivity index (χ0) is 13.1. The van der Waals surface area contributed by atoms with Crippen LogP contribution in [0, 0.1) is 0 Å². The van der Waals surface area contributed by atoms with Gasteiger partial charge in [-0.1, -0.05) is 19.9 Å². The molecule has 1 rings (SSSR count). The summed E-state index contributed by atoms with van der Waals surface area (Å²) in [7, 11) is 0. The normalized spacial score (nSPS) is 11.4. The van der Waals surface area contributed by atoms with Crippen molar-refractivity contribution in [1.29, 1.82) is 0 Å². The van der Waals surface area contributed by atoms with Crippen LogP contribution in [0.5, 0.6) is 0 Å². The Morgan fingerprint density at radius 3 is 2.35 bits per heavy atom. The highest BCUT2D eigenvalue weighted by atomic mass is 32.1. The van der Waals surface area contributed by atoms with Crippen molar-refractivity contribution < 1.29 is 0 Å². The summed E-state index contributed by atoms with van der Waals surface area (Å²) in [6.07, 6.45) is 1.88. The Morgan fingerprint density at radius 2 is 1.94 bits per heavy atom. The number of thiocarbonyl (C=S) groups is 1. The lowest BCUT2D eigenvalue weighted by Crippen LogP contribution is -2.43. The van der Waals surface area contributed by atoms with Gasteiger partial charge in [0.1, 0.15) is 5.82 Å². The van der Waals surface area contributed by atoms with Crippen molar-refractivity contribution >= 4 is 23.1 Å². The van der Waals surface area contributed by atoms with Crippen molar-refractivity contribution in [3.63, 3.8) is 0 Å². The molecule has 0 spiro atoms. The van der Waals surface area contributed by atoms with Crippen LogP contribution < -0.4 is 10.6 Å². The first kappa shape index (κ1) is 13.9. The Labute approximate surface area is 109 Å². The molecule has 0 fully saturated rings. The fourth-order valence-corrected chi connectivity index (χ4v) is 1.72. The predicted octanol–water partition coefficient (Wildman–Crippen LogP) is 3.29. The van der Waals surface area contributed by atoms with Crippen LogP contribution in [-0.4, -0.2) is 15.6 Å². The largest absolute Gasteiger partial charge is 0.358 e. The van der Waals surface area contributed by atoms with E-state index in [1.54, 1.807) is 0 Å². The smallest absolute Gasteiger partial charge is 0.172 e. The summed E-state index contributed by atoms with van der Waals surface area (Å²) in [5, 5.41) is 6.86. The number of hydrogen-bond donors (Lipinski definition) is 2. The zero-order valence-corrected chi connectivity index (χ0v) is 12.0. The van der Waals surface area contributed by atoms with E-state index in [0.29, 0.717) is 11.0 Å². The first-order valence-electron chi connectivity index (χ1n) is 5.83. The van der Waals surface area contributed by atoms with E-state index in [0.717, 1.165) is 5.82 Å². The highest BCUT2D eigenvalue weighted by molar-refractivity contribution is 7.80. The molecule has 0 aromatic carbocycles. The molecule has 0 saturated heterocycles. The van der Waals surface area contributed by atoms with Crippen molar-refractivity contribution in [3.05, 3.63) is 23.9 Å². The molecule has 94 valence electrons. The average molecular weight is 251 g/mol. The van der Waals surface area contributed by atoms with E-state index in [2.05, 4.69) is 56.3 Å². The monoisotopic (exact) mass is 251 g/mol. The molecular formula is C13H21N3S. The number of anilines is 1. The maximum Gasteiger partial charge on any atom is 0.172 e. The van der Waals surface area contributed by atoms with Crippen molar-refractivity contribution in [2.75, 3.05) is 5.32 Å². The minimum Gasteiger partial charge on any atom is -0.358 e. The average Bonchev–Trinajstić information content (AvgIpc) is 2.15. The van der Waals surface area contributed by atoms with Gasteiger partial charge in [-0.3, -0.25) is 0 Å². The van der Waals surface area contributed by atoms with Gasteiger partial charge in [0.2, 0.25) is 0 Å². The van der Waals surface area contributed by atoms with Crippen LogP contribution in [0.25, 0.3) is 0 Å². The van der Waals surface area contributed by atoms with Gasteiger partial charge in [-0.05, 0) is 50.5 Å². The van der Waals surface area contributed by atoms with Crippen LogP contribution in [-0.2, 0) is 0 Å². The Morgan fingerprint density at radius 1 is 1.29 bits per heavy atom.